The summed E-state index contributed by atoms with van der Waals surface area (Å²) in [6.07, 6.45) is -1.14. The monoisotopic (exact) mass is 318 g/mol. The van der Waals surface area contributed by atoms with Crippen molar-refractivity contribution in [3.8, 4) is 0 Å². The number of hydrogen-bond acceptors (Lipinski definition) is 3. The molecule has 0 aliphatic carbocycles. The third-order valence-electron chi connectivity index (χ3n) is 2.80. The number of aliphatic hydroxyl groups excluding tert-OH is 1. The Bertz CT molecular complexity index is 488. The van der Waals surface area contributed by atoms with Crippen LogP contribution in [-0.2, 0) is 11.2 Å². The maximum Gasteiger partial charge on any atom is 0.508 e. The Kier molecular flexibility index (Phi) is 5.88. The molecule has 0 fully saturated rings. The Labute approximate surface area is 127 Å². The van der Waals surface area contributed by atoms with Gasteiger partial charge < -0.3 is 28.1 Å². The minimum atomic E-state index is -5.50. The standard InChI is InChI=1S/C14H20BF3NO3/c1-14(2,3)22-13(21)19-11(12(20)15(16,17)18)9-10-7-5-4-6-8-10/h4-8,11-12,20H,9H2,1-3H3,(H,19,21)/q-1/t11-,12?/m0/s1. The molecular formula is C14H20BF3NO3-. The van der Waals surface area contributed by atoms with Crippen molar-refractivity contribution in [2.45, 2.75) is 44.8 Å². The fraction of sp³-hybridized carbons (Fsp3) is 0.500. The van der Waals surface area contributed by atoms with Crippen LogP contribution in [0.2, 0.25) is 0 Å². The molecule has 0 aliphatic heterocycles. The van der Waals surface area contributed by atoms with Crippen LogP contribution < -0.4 is 5.32 Å². The number of ether oxygens (including phenoxy) is 1. The normalized spacial score (nSPS) is 15.0. The molecule has 0 saturated heterocycles. The van der Waals surface area contributed by atoms with Crippen molar-refractivity contribution < 1.29 is 27.6 Å². The molecular weight excluding hydrogens is 298 g/mol. The summed E-state index contributed by atoms with van der Waals surface area (Å²) < 4.78 is 43.4. The van der Waals surface area contributed by atoms with Gasteiger partial charge in [-0.25, -0.2) is 4.79 Å². The predicted molar refractivity (Wildman–Crippen MR) is 78.4 cm³/mol. The Hall–Kier alpha value is -1.70. The van der Waals surface area contributed by atoms with E-state index in [9.17, 15) is 22.8 Å². The van der Waals surface area contributed by atoms with Gasteiger partial charge in [0.1, 0.15) is 5.60 Å². The Morgan fingerprint density at radius 2 is 1.82 bits per heavy atom. The zero-order chi connectivity index (χ0) is 17.0. The summed E-state index contributed by atoms with van der Waals surface area (Å²) in [6, 6.07) is 4.20. The molecule has 1 rings (SSSR count). The van der Waals surface area contributed by atoms with Crippen LogP contribution in [0.25, 0.3) is 0 Å². The minimum Gasteiger partial charge on any atom is -0.447 e. The molecule has 0 heterocycles. The summed E-state index contributed by atoms with van der Waals surface area (Å²) in [5, 5.41) is 11.6. The molecule has 8 heteroatoms. The lowest BCUT2D eigenvalue weighted by Gasteiger charge is -2.31. The number of carbonyl (C=O) groups excluding carboxylic acids is 1. The van der Waals surface area contributed by atoms with Gasteiger partial charge in [0.2, 0.25) is 0 Å². The second-order valence-electron chi connectivity index (χ2n) is 6.06. The molecule has 0 spiro atoms. The quantitative estimate of drug-likeness (QED) is 0.821. The van der Waals surface area contributed by atoms with Crippen LogP contribution in [0.1, 0.15) is 26.3 Å². The summed E-state index contributed by atoms with van der Waals surface area (Å²) >= 11 is 0. The lowest BCUT2D eigenvalue weighted by Crippen LogP contribution is -2.54. The van der Waals surface area contributed by atoms with Crippen molar-refractivity contribution in [2.24, 2.45) is 0 Å². The van der Waals surface area contributed by atoms with E-state index in [0.717, 1.165) is 0 Å². The molecule has 4 nitrogen and oxygen atoms in total. The number of amides is 1. The molecule has 0 saturated carbocycles. The summed E-state index contributed by atoms with van der Waals surface area (Å²) in [5.41, 5.74) is -0.266. The molecule has 22 heavy (non-hydrogen) atoms. The van der Waals surface area contributed by atoms with Crippen molar-refractivity contribution >= 4 is 13.1 Å². The lowest BCUT2D eigenvalue weighted by molar-refractivity contribution is 0.0451. The second kappa shape index (κ2) is 7.04. The maximum absolute atomic E-state index is 12.8. The zero-order valence-corrected chi connectivity index (χ0v) is 12.7. The van der Waals surface area contributed by atoms with Crippen LogP contribution in [0, 0.1) is 0 Å². The fourth-order valence-electron chi connectivity index (χ4n) is 1.85. The summed E-state index contributed by atoms with van der Waals surface area (Å²) in [7, 11) is 0. The Morgan fingerprint density at radius 1 is 1.27 bits per heavy atom. The van der Waals surface area contributed by atoms with Crippen molar-refractivity contribution in [1.29, 1.82) is 0 Å². The molecule has 0 aliphatic rings. The number of carbonyl (C=O) groups is 1. The topological polar surface area (TPSA) is 58.6 Å². The summed E-state index contributed by atoms with van der Waals surface area (Å²) in [4.78, 5) is 11.7. The Morgan fingerprint density at radius 3 is 2.27 bits per heavy atom. The number of aliphatic hydroxyl groups is 1. The van der Waals surface area contributed by atoms with E-state index >= 15 is 0 Å². The third-order valence-corrected chi connectivity index (χ3v) is 2.80. The van der Waals surface area contributed by atoms with Gasteiger partial charge in [0.05, 0.1) is 0 Å². The SMILES string of the molecule is CC(C)(C)OC(=O)N[C@@H](Cc1ccccc1)C(O)[B-](F)(F)F. The van der Waals surface area contributed by atoms with E-state index in [4.69, 9.17) is 4.74 Å². The van der Waals surface area contributed by atoms with Crippen LogP contribution in [0.5, 0.6) is 0 Å². The van der Waals surface area contributed by atoms with E-state index < -0.39 is 30.7 Å². The average molecular weight is 318 g/mol. The van der Waals surface area contributed by atoms with Crippen molar-refractivity contribution in [3.05, 3.63) is 35.9 Å². The highest BCUT2D eigenvalue weighted by Crippen LogP contribution is 2.20. The smallest absolute Gasteiger partial charge is 0.447 e. The second-order valence-corrected chi connectivity index (χ2v) is 6.06. The van der Waals surface area contributed by atoms with Gasteiger partial charge in [-0.2, -0.15) is 0 Å². The number of halogens is 3. The highest BCUT2D eigenvalue weighted by atomic mass is 19.4. The summed E-state index contributed by atoms with van der Waals surface area (Å²) in [5.74, 6) is 0. The molecule has 124 valence electrons. The molecule has 2 atom stereocenters. The van der Waals surface area contributed by atoms with Gasteiger partial charge in [0, 0.05) is 12.0 Å². The highest BCUT2D eigenvalue weighted by molar-refractivity contribution is 6.60. The van der Waals surface area contributed by atoms with E-state index in [0.29, 0.717) is 5.56 Å². The first-order valence-electron chi connectivity index (χ1n) is 6.90. The van der Waals surface area contributed by atoms with Gasteiger partial charge in [-0.05, 0) is 32.8 Å². The summed E-state index contributed by atoms with van der Waals surface area (Å²) in [6.45, 7) is -0.704. The van der Waals surface area contributed by atoms with Crippen LogP contribution in [0.15, 0.2) is 30.3 Å². The first-order chi connectivity index (χ1) is 9.99. The average Bonchev–Trinajstić information content (AvgIpc) is 2.35. The largest absolute Gasteiger partial charge is 0.508 e. The number of nitrogens with one attached hydrogen (secondary N) is 1. The van der Waals surface area contributed by atoms with E-state index in [1.54, 1.807) is 51.1 Å². The maximum atomic E-state index is 12.8. The molecule has 1 unspecified atom stereocenters. The number of benzene rings is 1. The van der Waals surface area contributed by atoms with E-state index in [2.05, 4.69) is 5.32 Å². The first-order valence-corrected chi connectivity index (χ1v) is 6.90. The van der Waals surface area contributed by atoms with Crippen LogP contribution in [-0.4, -0.2) is 35.8 Å². The van der Waals surface area contributed by atoms with Crippen LogP contribution in [0.3, 0.4) is 0 Å². The minimum absolute atomic E-state index is 0.150. The third kappa shape index (κ3) is 6.38. The first kappa shape index (κ1) is 18.4. The van der Waals surface area contributed by atoms with Crippen molar-refractivity contribution in [2.75, 3.05) is 0 Å². The molecule has 0 radical (unpaired) electrons. The lowest BCUT2D eigenvalue weighted by atomic mass is 9.76. The van der Waals surface area contributed by atoms with E-state index in [-0.39, 0.29) is 6.42 Å². The van der Waals surface area contributed by atoms with Gasteiger partial charge in [-0.15, -0.1) is 0 Å². The zero-order valence-electron chi connectivity index (χ0n) is 12.7. The fourth-order valence-corrected chi connectivity index (χ4v) is 1.85. The molecule has 1 amide bonds. The van der Waals surface area contributed by atoms with Crippen molar-refractivity contribution in [1.82, 2.24) is 5.32 Å². The molecule has 1 aromatic rings. The molecule has 2 N–H and O–H groups in total. The van der Waals surface area contributed by atoms with Gasteiger partial charge in [0.25, 0.3) is 0 Å². The van der Waals surface area contributed by atoms with Gasteiger partial charge in [-0.3, -0.25) is 0 Å². The van der Waals surface area contributed by atoms with Crippen LogP contribution >= 0.6 is 0 Å². The molecule has 0 bridgehead atoms. The number of alkyl carbamates (subject to hydrolysis) is 1. The predicted octanol–water partition coefficient (Wildman–Crippen LogP) is 2.87. The molecule has 1 aromatic carbocycles. The highest BCUT2D eigenvalue weighted by Gasteiger charge is 2.40. The number of rotatable bonds is 5. The molecule has 0 aromatic heterocycles. The Balaban J connectivity index is 2.85. The number of hydrogen-bond donors (Lipinski definition) is 2. The van der Waals surface area contributed by atoms with Gasteiger partial charge >= 0.3 is 13.1 Å². The van der Waals surface area contributed by atoms with Crippen LogP contribution in [0.4, 0.5) is 17.7 Å². The van der Waals surface area contributed by atoms with Crippen molar-refractivity contribution in [3.63, 3.8) is 0 Å². The van der Waals surface area contributed by atoms with Gasteiger partial charge in [-0.1, -0.05) is 30.3 Å². The van der Waals surface area contributed by atoms with E-state index in [1.807, 2.05) is 0 Å². The van der Waals surface area contributed by atoms with Gasteiger partial charge in [0.15, 0.2) is 0 Å². The van der Waals surface area contributed by atoms with E-state index in [1.165, 1.54) is 0 Å².